The molecule has 1 N–H and O–H groups in total. The quantitative estimate of drug-likeness (QED) is 0.434. The van der Waals surface area contributed by atoms with Crippen molar-refractivity contribution in [2.45, 2.75) is 38.1 Å². The van der Waals surface area contributed by atoms with E-state index in [9.17, 15) is 19.2 Å². The predicted octanol–water partition coefficient (Wildman–Crippen LogP) is 3.02. The Bertz CT molecular complexity index is 1020. The van der Waals surface area contributed by atoms with Crippen LogP contribution in [0, 0.1) is 41.4 Å². The molecule has 0 unspecified atom stereocenters. The molecule has 1 aromatic carbocycles. The van der Waals surface area contributed by atoms with Gasteiger partial charge in [-0.2, -0.15) is 0 Å². The molecular weight excluding hydrogens is 420 g/mol. The Balaban J connectivity index is 1.07. The molecule has 172 valence electrons. The van der Waals surface area contributed by atoms with Crippen LogP contribution in [0.5, 0.6) is 0 Å². The molecule has 7 rings (SSSR count). The number of likely N-dealkylation sites (tertiary alicyclic amines) is 1. The van der Waals surface area contributed by atoms with Gasteiger partial charge in [0.2, 0.25) is 17.7 Å². The van der Waals surface area contributed by atoms with Crippen molar-refractivity contribution in [3.05, 3.63) is 42.0 Å². The third-order valence-corrected chi connectivity index (χ3v) is 8.70. The first kappa shape index (κ1) is 20.6. The highest BCUT2D eigenvalue weighted by Gasteiger charge is 2.67. The smallest absolute Gasteiger partial charge is 0.337 e. The van der Waals surface area contributed by atoms with Crippen LogP contribution in [0.3, 0.4) is 0 Å². The molecule has 0 spiro atoms. The largest absolute Gasteiger partial charge is 0.465 e. The van der Waals surface area contributed by atoms with E-state index in [2.05, 4.69) is 17.5 Å². The number of hydrogen-bond donors (Lipinski definition) is 1. The van der Waals surface area contributed by atoms with Crippen LogP contribution in [0.1, 0.15) is 42.5 Å². The first-order valence-corrected chi connectivity index (χ1v) is 12.0. The third kappa shape index (κ3) is 3.15. The molecule has 5 aliphatic carbocycles. The lowest BCUT2D eigenvalue weighted by Crippen LogP contribution is -2.44. The van der Waals surface area contributed by atoms with E-state index in [1.165, 1.54) is 13.5 Å². The number of allylic oxidation sites excluding steroid dienone is 2. The van der Waals surface area contributed by atoms with E-state index in [1.807, 2.05) is 0 Å². The SMILES string of the molecule is COC(=O)c1ccc(NC(=O)C2CCC(N3C(=O)[C@@H]4[C@H]5C=C[C@@H]([C@@H]6C[C@@H]56)[C@@H]4C3=O)CC2)cc1. The monoisotopic (exact) mass is 448 g/mol. The minimum Gasteiger partial charge on any atom is -0.465 e. The van der Waals surface area contributed by atoms with E-state index in [1.54, 1.807) is 29.2 Å². The van der Waals surface area contributed by atoms with Crippen molar-refractivity contribution in [1.82, 2.24) is 4.90 Å². The fraction of sp³-hybridized carbons (Fsp3) is 0.538. The lowest BCUT2D eigenvalue weighted by Gasteiger charge is -2.37. The number of hydrogen-bond acceptors (Lipinski definition) is 5. The molecule has 7 heteroatoms. The van der Waals surface area contributed by atoms with Gasteiger partial charge in [0, 0.05) is 17.6 Å². The average Bonchev–Trinajstić information content (AvgIpc) is 3.62. The molecule has 6 atom stereocenters. The van der Waals surface area contributed by atoms with Gasteiger partial charge in [-0.25, -0.2) is 4.79 Å². The summed E-state index contributed by atoms with van der Waals surface area (Å²) in [5, 5.41) is 2.92. The van der Waals surface area contributed by atoms with Crippen molar-refractivity contribution >= 4 is 29.4 Å². The average molecular weight is 449 g/mol. The Kier molecular flexibility index (Phi) is 4.71. The van der Waals surface area contributed by atoms with Crippen LogP contribution >= 0.6 is 0 Å². The van der Waals surface area contributed by atoms with E-state index in [0.29, 0.717) is 48.8 Å². The van der Waals surface area contributed by atoms with Gasteiger partial charge in [0.15, 0.2) is 0 Å². The number of nitrogens with one attached hydrogen (secondary N) is 1. The summed E-state index contributed by atoms with van der Waals surface area (Å²) in [6, 6.07) is 6.52. The minimum absolute atomic E-state index is 0.0355. The molecular formula is C26H28N2O5. The second kappa shape index (κ2) is 7.54. The second-order valence-corrected chi connectivity index (χ2v) is 10.3. The number of amides is 3. The summed E-state index contributed by atoms with van der Waals surface area (Å²) in [6.07, 6.45) is 8.22. The molecule has 4 fully saturated rings. The van der Waals surface area contributed by atoms with E-state index in [0.717, 1.165) is 0 Å². The number of ether oxygens (including phenoxy) is 1. The van der Waals surface area contributed by atoms with Gasteiger partial charge in [0.25, 0.3) is 0 Å². The highest BCUT2D eigenvalue weighted by atomic mass is 16.5. The summed E-state index contributed by atoms with van der Waals surface area (Å²) in [5.74, 6) is 0.864. The van der Waals surface area contributed by atoms with E-state index >= 15 is 0 Å². The summed E-state index contributed by atoms with van der Waals surface area (Å²) in [7, 11) is 1.33. The molecule has 3 amide bonds. The van der Waals surface area contributed by atoms with Crippen LogP contribution in [-0.2, 0) is 19.1 Å². The van der Waals surface area contributed by atoms with Crippen LogP contribution in [0.15, 0.2) is 36.4 Å². The van der Waals surface area contributed by atoms with Crippen molar-refractivity contribution < 1.29 is 23.9 Å². The second-order valence-electron chi connectivity index (χ2n) is 10.3. The molecule has 6 aliphatic rings. The third-order valence-electron chi connectivity index (χ3n) is 8.70. The van der Waals surface area contributed by atoms with Gasteiger partial charge in [-0.1, -0.05) is 12.2 Å². The topological polar surface area (TPSA) is 92.8 Å². The Morgan fingerprint density at radius 3 is 2.03 bits per heavy atom. The molecule has 1 aliphatic heterocycles. The summed E-state index contributed by atoms with van der Waals surface area (Å²) < 4.78 is 4.69. The van der Waals surface area contributed by atoms with E-state index in [4.69, 9.17) is 4.74 Å². The van der Waals surface area contributed by atoms with Crippen molar-refractivity contribution in [2.75, 3.05) is 12.4 Å². The molecule has 0 radical (unpaired) electrons. The Morgan fingerprint density at radius 2 is 1.48 bits per heavy atom. The van der Waals surface area contributed by atoms with Gasteiger partial charge in [-0.15, -0.1) is 0 Å². The van der Waals surface area contributed by atoms with Gasteiger partial charge in [0.05, 0.1) is 24.5 Å². The number of carbonyl (C=O) groups is 4. The van der Waals surface area contributed by atoms with Crippen molar-refractivity contribution in [2.24, 2.45) is 41.4 Å². The van der Waals surface area contributed by atoms with Crippen LogP contribution in [0.25, 0.3) is 0 Å². The molecule has 2 bridgehead atoms. The maximum atomic E-state index is 13.3. The summed E-state index contributed by atoms with van der Waals surface area (Å²) in [5.41, 5.74) is 1.06. The lowest BCUT2D eigenvalue weighted by atomic mass is 9.63. The number of nitrogens with zero attached hydrogens (tertiary/aromatic N) is 1. The molecule has 1 heterocycles. The van der Waals surface area contributed by atoms with Crippen LogP contribution in [-0.4, -0.2) is 41.7 Å². The highest BCUT2D eigenvalue weighted by Crippen LogP contribution is 2.65. The zero-order chi connectivity index (χ0) is 22.9. The van der Waals surface area contributed by atoms with Gasteiger partial charge in [-0.05, 0) is 80.0 Å². The van der Waals surface area contributed by atoms with Crippen molar-refractivity contribution in [1.29, 1.82) is 0 Å². The number of esters is 1. The Hall–Kier alpha value is -2.96. The fourth-order valence-electron chi connectivity index (χ4n) is 6.99. The van der Waals surface area contributed by atoms with Crippen molar-refractivity contribution in [3.8, 4) is 0 Å². The predicted molar refractivity (Wildman–Crippen MR) is 119 cm³/mol. The number of methoxy groups -OCH3 is 1. The molecule has 3 saturated carbocycles. The van der Waals surface area contributed by atoms with E-state index < -0.39 is 5.97 Å². The van der Waals surface area contributed by atoms with Crippen LogP contribution in [0.2, 0.25) is 0 Å². The normalized spacial score (nSPS) is 38.0. The molecule has 7 nitrogen and oxygen atoms in total. The summed E-state index contributed by atoms with van der Waals surface area (Å²) >= 11 is 0. The van der Waals surface area contributed by atoms with Crippen LogP contribution in [0.4, 0.5) is 5.69 Å². The molecule has 33 heavy (non-hydrogen) atoms. The molecule has 0 aromatic heterocycles. The summed E-state index contributed by atoms with van der Waals surface area (Å²) in [6.45, 7) is 0. The summed E-state index contributed by atoms with van der Waals surface area (Å²) in [4.78, 5) is 52.6. The standard InChI is InChI=1S/C26H28N2O5/c1-33-26(32)14-2-6-15(7-3-14)27-23(29)13-4-8-16(9-5-13)28-24(30)21-17-10-11-18(20-12-19(17)20)22(21)25(28)31/h2-3,6-7,10-11,13,16-22H,4-5,8-9,12H2,1H3,(H,27,29)/t13?,16?,17-,18-,19-,20-,21-,22+/m0/s1. The van der Waals surface area contributed by atoms with Gasteiger partial charge >= 0.3 is 5.97 Å². The minimum atomic E-state index is -0.419. The highest BCUT2D eigenvalue weighted by molar-refractivity contribution is 6.06. The zero-order valence-corrected chi connectivity index (χ0v) is 18.6. The van der Waals surface area contributed by atoms with Gasteiger partial charge in [-0.3, -0.25) is 19.3 Å². The Labute approximate surface area is 192 Å². The first-order valence-electron chi connectivity index (χ1n) is 12.0. The van der Waals surface area contributed by atoms with Crippen LogP contribution < -0.4 is 5.32 Å². The molecule has 1 saturated heterocycles. The maximum absolute atomic E-state index is 13.3. The number of anilines is 1. The van der Waals surface area contributed by atoms with E-state index in [-0.39, 0.29) is 53.4 Å². The molecule has 1 aromatic rings. The maximum Gasteiger partial charge on any atom is 0.337 e. The van der Waals surface area contributed by atoms with Crippen molar-refractivity contribution in [3.63, 3.8) is 0 Å². The number of benzene rings is 1. The van der Waals surface area contributed by atoms with Gasteiger partial charge < -0.3 is 10.1 Å². The first-order chi connectivity index (χ1) is 16.0. The number of imide groups is 1. The number of carbonyl (C=O) groups excluding carboxylic acids is 4. The number of rotatable bonds is 4. The van der Waals surface area contributed by atoms with Gasteiger partial charge in [0.1, 0.15) is 0 Å². The Morgan fingerprint density at radius 1 is 0.909 bits per heavy atom. The lowest BCUT2D eigenvalue weighted by molar-refractivity contribution is -0.144. The zero-order valence-electron chi connectivity index (χ0n) is 18.6. The fourth-order valence-corrected chi connectivity index (χ4v) is 6.99.